The summed E-state index contributed by atoms with van der Waals surface area (Å²) in [6.45, 7) is 8.73. The Kier molecular flexibility index (Phi) is 3.39. The summed E-state index contributed by atoms with van der Waals surface area (Å²) in [6, 6.07) is 0. The number of methoxy groups -OCH3 is 1. The fourth-order valence-electron chi connectivity index (χ4n) is 3.71. The zero-order chi connectivity index (χ0) is 15.4. The molecule has 1 spiro atoms. The largest absolute Gasteiger partial charge is 0.373 e. The van der Waals surface area contributed by atoms with E-state index in [1.54, 1.807) is 7.11 Å². The molecule has 116 valence electrons. The molecule has 0 radical (unpaired) electrons. The summed E-state index contributed by atoms with van der Waals surface area (Å²) in [5.41, 5.74) is 1.30. The number of hydrogen-bond donors (Lipinski definition) is 0. The molecule has 1 aliphatic carbocycles. The molecule has 3 aliphatic rings. The van der Waals surface area contributed by atoms with Crippen molar-refractivity contribution in [2.24, 2.45) is 5.92 Å². The van der Waals surface area contributed by atoms with Crippen molar-refractivity contribution in [1.82, 2.24) is 0 Å². The van der Waals surface area contributed by atoms with Crippen molar-refractivity contribution in [2.45, 2.75) is 57.5 Å². The maximum atomic E-state index is 12.4. The number of epoxide rings is 2. The highest BCUT2D eigenvalue weighted by molar-refractivity contribution is 6.00. The molecule has 0 amide bonds. The molecule has 2 aliphatic heterocycles. The first-order valence-corrected chi connectivity index (χ1v) is 7.55. The van der Waals surface area contributed by atoms with Gasteiger partial charge in [0.1, 0.15) is 17.3 Å². The van der Waals surface area contributed by atoms with Gasteiger partial charge in [-0.15, -0.1) is 0 Å². The van der Waals surface area contributed by atoms with Crippen LogP contribution >= 0.6 is 0 Å². The molecule has 4 nitrogen and oxygen atoms in total. The molecule has 2 fully saturated rings. The average molecular weight is 292 g/mol. The van der Waals surface area contributed by atoms with E-state index in [1.165, 1.54) is 5.57 Å². The van der Waals surface area contributed by atoms with Crippen molar-refractivity contribution >= 4 is 5.78 Å². The van der Waals surface area contributed by atoms with Gasteiger partial charge in [0, 0.05) is 7.11 Å². The van der Waals surface area contributed by atoms with Gasteiger partial charge in [0.2, 0.25) is 0 Å². The Balaban J connectivity index is 1.87. The topological polar surface area (TPSA) is 51.4 Å². The van der Waals surface area contributed by atoms with Gasteiger partial charge in [0.15, 0.2) is 5.78 Å². The highest BCUT2D eigenvalue weighted by atomic mass is 16.6. The van der Waals surface area contributed by atoms with Crippen LogP contribution in [0.25, 0.3) is 0 Å². The summed E-state index contributed by atoms with van der Waals surface area (Å²) >= 11 is 0. The van der Waals surface area contributed by atoms with E-state index < -0.39 is 6.10 Å². The van der Waals surface area contributed by atoms with Gasteiger partial charge in [-0.25, -0.2) is 0 Å². The summed E-state index contributed by atoms with van der Waals surface area (Å²) in [7, 11) is 1.60. The highest BCUT2D eigenvalue weighted by Crippen LogP contribution is 2.57. The van der Waals surface area contributed by atoms with Gasteiger partial charge in [-0.1, -0.05) is 11.6 Å². The molecule has 0 aromatic carbocycles. The highest BCUT2D eigenvalue weighted by Gasteiger charge is 2.71. The third-order valence-corrected chi connectivity index (χ3v) is 5.00. The zero-order valence-electron chi connectivity index (χ0n) is 13.4. The number of carbonyl (C=O) groups excluding carboxylic acids is 1. The van der Waals surface area contributed by atoms with Crippen molar-refractivity contribution in [1.29, 1.82) is 0 Å². The van der Waals surface area contributed by atoms with Crippen molar-refractivity contribution < 1.29 is 19.0 Å². The third-order valence-electron chi connectivity index (χ3n) is 5.00. The first-order chi connectivity index (χ1) is 9.84. The van der Waals surface area contributed by atoms with E-state index in [1.807, 2.05) is 13.0 Å². The number of Topliss-reactive ketones (excluding diaryl/α,β-unsaturated/α-hetero) is 1. The van der Waals surface area contributed by atoms with E-state index in [0.29, 0.717) is 6.61 Å². The van der Waals surface area contributed by atoms with Crippen LogP contribution in [0.1, 0.15) is 34.1 Å². The van der Waals surface area contributed by atoms with Crippen LogP contribution in [0.2, 0.25) is 0 Å². The SMILES string of the molecule is CO[C@@H]1C(=O)C(C)=C[C@]2(CO2)[C@H]1C1(C)O[C@@H]1CC=C(C)C. The van der Waals surface area contributed by atoms with Crippen molar-refractivity contribution in [2.75, 3.05) is 13.7 Å². The van der Waals surface area contributed by atoms with Crippen molar-refractivity contribution in [3.63, 3.8) is 0 Å². The maximum absolute atomic E-state index is 12.4. The standard InChI is InChI=1S/C17H24O4/c1-10(2)6-7-12-16(4,21-12)15-14(19-5)13(18)11(3)8-17(15)9-20-17/h6,8,12,14-15H,7,9H2,1-5H3/t12-,14-,15-,16?,17+/m1/s1. The second-order valence-corrected chi connectivity index (χ2v) is 6.88. The van der Waals surface area contributed by atoms with Gasteiger partial charge in [0.25, 0.3) is 0 Å². The van der Waals surface area contributed by atoms with E-state index in [2.05, 4.69) is 26.8 Å². The Bertz CT molecular complexity index is 525. The van der Waals surface area contributed by atoms with Gasteiger partial charge < -0.3 is 14.2 Å². The van der Waals surface area contributed by atoms with Crippen LogP contribution in [0.5, 0.6) is 0 Å². The lowest BCUT2D eigenvalue weighted by molar-refractivity contribution is -0.133. The first-order valence-electron chi connectivity index (χ1n) is 7.55. The molecule has 5 atom stereocenters. The number of carbonyl (C=O) groups is 1. The minimum Gasteiger partial charge on any atom is -0.373 e. The second kappa shape index (κ2) is 4.77. The summed E-state index contributed by atoms with van der Waals surface area (Å²) in [6.07, 6.45) is 4.69. The molecule has 0 aromatic rings. The van der Waals surface area contributed by atoms with Gasteiger partial charge in [0.05, 0.1) is 18.6 Å². The quantitative estimate of drug-likeness (QED) is 0.590. The molecule has 0 N–H and O–H groups in total. The van der Waals surface area contributed by atoms with Crippen molar-refractivity contribution in [3.05, 3.63) is 23.3 Å². The van der Waals surface area contributed by atoms with Crippen LogP contribution in [0, 0.1) is 5.92 Å². The van der Waals surface area contributed by atoms with E-state index in [4.69, 9.17) is 14.2 Å². The van der Waals surface area contributed by atoms with E-state index in [-0.39, 0.29) is 29.0 Å². The minimum absolute atomic E-state index is 0.0568. The fourth-order valence-corrected chi connectivity index (χ4v) is 3.71. The van der Waals surface area contributed by atoms with Crippen molar-refractivity contribution in [3.8, 4) is 0 Å². The average Bonchev–Trinajstić information content (AvgIpc) is 3.31. The number of allylic oxidation sites excluding steroid dienone is 1. The Labute approximate surface area is 126 Å². The van der Waals surface area contributed by atoms with Gasteiger partial charge in [-0.05, 0) is 45.8 Å². The van der Waals surface area contributed by atoms with Gasteiger partial charge in [-0.2, -0.15) is 0 Å². The van der Waals surface area contributed by atoms with Gasteiger partial charge >= 0.3 is 0 Å². The smallest absolute Gasteiger partial charge is 0.187 e. The molecule has 2 heterocycles. The van der Waals surface area contributed by atoms with Crippen LogP contribution in [-0.4, -0.2) is 42.9 Å². The Hall–Kier alpha value is -0.970. The third kappa shape index (κ3) is 2.30. The first kappa shape index (κ1) is 14.9. The predicted molar refractivity (Wildman–Crippen MR) is 79.1 cm³/mol. The van der Waals surface area contributed by atoms with Gasteiger partial charge in [-0.3, -0.25) is 4.79 Å². The molecule has 4 heteroatoms. The van der Waals surface area contributed by atoms with Crippen LogP contribution in [0.4, 0.5) is 0 Å². The Morgan fingerprint density at radius 1 is 1.52 bits per heavy atom. The minimum atomic E-state index is -0.473. The molecule has 0 aromatic heterocycles. The lowest BCUT2D eigenvalue weighted by Crippen LogP contribution is -2.51. The Morgan fingerprint density at radius 3 is 2.71 bits per heavy atom. The molecular formula is C17H24O4. The molecule has 3 rings (SSSR count). The second-order valence-electron chi connectivity index (χ2n) is 6.88. The maximum Gasteiger partial charge on any atom is 0.187 e. The van der Waals surface area contributed by atoms with Crippen LogP contribution in [0.15, 0.2) is 23.3 Å². The number of ether oxygens (including phenoxy) is 3. The lowest BCUT2D eigenvalue weighted by Gasteiger charge is -2.35. The monoisotopic (exact) mass is 292 g/mol. The Morgan fingerprint density at radius 2 is 2.19 bits per heavy atom. The summed E-state index contributed by atoms with van der Waals surface area (Å²) < 4.78 is 17.3. The number of hydrogen-bond acceptors (Lipinski definition) is 4. The predicted octanol–water partition coefficient (Wildman–Crippen LogP) is 2.43. The van der Waals surface area contributed by atoms with E-state index >= 15 is 0 Å². The number of rotatable bonds is 4. The molecule has 1 unspecified atom stereocenters. The van der Waals surface area contributed by atoms with Crippen LogP contribution in [-0.2, 0) is 19.0 Å². The molecule has 0 bridgehead atoms. The molecule has 2 saturated heterocycles. The summed E-state index contributed by atoms with van der Waals surface area (Å²) in [4.78, 5) is 12.4. The zero-order valence-corrected chi connectivity index (χ0v) is 13.4. The van der Waals surface area contributed by atoms with Crippen LogP contribution in [0.3, 0.4) is 0 Å². The fraction of sp³-hybridized carbons (Fsp3) is 0.706. The van der Waals surface area contributed by atoms with E-state index in [9.17, 15) is 4.79 Å². The molecular weight excluding hydrogens is 268 g/mol. The summed E-state index contributed by atoms with van der Waals surface area (Å²) in [5, 5.41) is 0. The number of ketones is 1. The van der Waals surface area contributed by atoms with E-state index in [0.717, 1.165) is 12.0 Å². The summed E-state index contributed by atoms with van der Waals surface area (Å²) in [5.74, 6) is -0.0110. The normalized spacial score (nSPS) is 44.5. The molecule has 21 heavy (non-hydrogen) atoms. The van der Waals surface area contributed by atoms with Crippen LogP contribution < -0.4 is 0 Å². The molecule has 0 saturated carbocycles. The lowest BCUT2D eigenvalue weighted by atomic mass is 9.70.